The standard InChI is InChI=1S/C22H18F3N3O5/c1-13(29)26-17-8-7-14(22(23,24)25)10-18(17)28-20(30)12-33-16-5-2-4-15(11-16)27-21(31)19-6-3-9-32-19/h2-11H,12H2,1H3,(H,26,29)(H,27,31)(H,28,30). The number of carbonyl (C=O) groups excluding carboxylic acids is 3. The molecule has 3 aromatic rings. The third kappa shape index (κ3) is 6.60. The molecule has 11 heteroatoms. The van der Waals surface area contributed by atoms with Gasteiger partial charge in [0.15, 0.2) is 12.4 Å². The molecule has 172 valence electrons. The maximum atomic E-state index is 13.0. The van der Waals surface area contributed by atoms with Crippen molar-refractivity contribution in [1.29, 1.82) is 0 Å². The van der Waals surface area contributed by atoms with Crippen LogP contribution in [0, 0.1) is 0 Å². The Morgan fingerprint density at radius 1 is 0.939 bits per heavy atom. The summed E-state index contributed by atoms with van der Waals surface area (Å²) in [6.07, 6.45) is -3.28. The summed E-state index contributed by atoms with van der Waals surface area (Å²) in [4.78, 5) is 35.7. The highest BCUT2D eigenvalue weighted by Gasteiger charge is 2.31. The fourth-order valence-electron chi connectivity index (χ4n) is 2.72. The lowest BCUT2D eigenvalue weighted by atomic mass is 10.1. The number of benzene rings is 2. The van der Waals surface area contributed by atoms with Crippen LogP contribution in [-0.4, -0.2) is 24.3 Å². The number of rotatable bonds is 7. The van der Waals surface area contributed by atoms with Gasteiger partial charge in [-0.1, -0.05) is 6.07 Å². The minimum atomic E-state index is -4.63. The Bertz CT molecular complexity index is 1160. The van der Waals surface area contributed by atoms with Crippen LogP contribution in [0.3, 0.4) is 0 Å². The minimum absolute atomic E-state index is 0.00601. The summed E-state index contributed by atoms with van der Waals surface area (Å²) in [6, 6.07) is 11.8. The maximum absolute atomic E-state index is 13.0. The first kappa shape index (κ1) is 23.4. The molecule has 0 fully saturated rings. The summed E-state index contributed by atoms with van der Waals surface area (Å²) in [7, 11) is 0. The lowest BCUT2D eigenvalue weighted by Gasteiger charge is -2.15. The molecular formula is C22H18F3N3O5. The Kier molecular flexibility index (Phi) is 7.01. The van der Waals surface area contributed by atoms with Crippen molar-refractivity contribution < 1.29 is 36.7 Å². The van der Waals surface area contributed by atoms with Crippen molar-refractivity contribution in [3.8, 4) is 5.75 Å². The van der Waals surface area contributed by atoms with E-state index in [4.69, 9.17) is 9.15 Å². The largest absolute Gasteiger partial charge is 0.484 e. The number of halogens is 3. The van der Waals surface area contributed by atoms with Crippen molar-refractivity contribution in [2.24, 2.45) is 0 Å². The summed E-state index contributed by atoms with van der Waals surface area (Å²) in [5.41, 5.74) is -0.840. The molecule has 3 amide bonds. The zero-order chi connectivity index (χ0) is 24.0. The van der Waals surface area contributed by atoms with Crippen LogP contribution >= 0.6 is 0 Å². The Morgan fingerprint density at radius 2 is 1.73 bits per heavy atom. The number of hydrogen-bond donors (Lipinski definition) is 3. The van der Waals surface area contributed by atoms with Gasteiger partial charge < -0.3 is 25.1 Å². The van der Waals surface area contributed by atoms with E-state index in [2.05, 4.69) is 16.0 Å². The van der Waals surface area contributed by atoms with Crippen LogP contribution in [0.15, 0.2) is 65.3 Å². The molecule has 8 nitrogen and oxygen atoms in total. The third-order valence-corrected chi connectivity index (χ3v) is 4.14. The molecule has 33 heavy (non-hydrogen) atoms. The summed E-state index contributed by atoms with van der Waals surface area (Å²) in [5.74, 6) is -1.42. The lowest BCUT2D eigenvalue weighted by molar-refractivity contribution is -0.137. The first-order valence-electron chi connectivity index (χ1n) is 9.48. The average Bonchev–Trinajstić information content (AvgIpc) is 3.28. The SMILES string of the molecule is CC(=O)Nc1ccc(C(F)(F)F)cc1NC(=O)COc1cccc(NC(=O)c2ccco2)c1. The second-order valence-corrected chi connectivity index (χ2v) is 6.74. The molecule has 0 spiro atoms. The molecule has 0 atom stereocenters. The third-order valence-electron chi connectivity index (χ3n) is 4.14. The highest BCUT2D eigenvalue weighted by molar-refractivity contribution is 6.02. The van der Waals surface area contributed by atoms with Crippen molar-refractivity contribution >= 4 is 34.8 Å². The van der Waals surface area contributed by atoms with Gasteiger partial charge in [-0.2, -0.15) is 13.2 Å². The van der Waals surface area contributed by atoms with Gasteiger partial charge in [-0.25, -0.2) is 0 Å². The second kappa shape index (κ2) is 9.90. The maximum Gasteiger partial charge on any atom is 0.416 e. The van der Waals surface area contributed by atoms with E-state index in [1.807, 2.05) is 0 Å². The van der Waals surface area contributed by atoms with Crippen LogP contribution < -0.4 is 20.7 Å². The van der Waals surface area contributed by atoms with E-state index in [9.17, 15) is 27.6 Å². The first-order valence-corrected chi connectivity index (χ1v) is 9.48. The molecule has 1 aromatic heterocycles. The van der Waals surface area contributed by atoms with Crippen LogP contribution in [-0.2, 0) is 15.8 Å². The number of carbonyl (C=O) groups is 3. The van der Waals surface area contributed by atoms with Gasteiger partial charge in [0.2, 0.25) is 5.91 Å². The fourth-order valence-corrected chi connectivity index (χ4v) is 2.72. The van der Waals surface area contributed by atoms with Crippen LogP contribution in [0.5, 0.6) is 5.75 Å². The summed E-state index contributed by atoms with van der Waals surface area (Å²) >= 11 is 0. The summed E-state index contributed by atoms with van der Waals surface area (Å²) in [5, 5.41) is 7.26. The monoisotopic (exact) mass is 461 g/mol. The zero-order valence-corrected chi connectivity index (χ0v) is 17.2. The van der Waals surface area contributed by atoms with Gasteiger partial charge in [0.05, 0.1) is 23.2 Å². The van der Waals surface area contributed by atoms with Crippen LogP contribution in [0.25, 0.3) is 0 Å². The lowest BCUT2D eigenvalue weighted by Crippen LogP contribution is -2.22. The second-order valence-electron chi connectivity index (χ2n) is 6.74. The van der Waals surface area contributed by atoms with Crippen molar-refractivity contribution in [2.75, 3.05) is 22.6 Å². The van der Waals surface area contributed by atoms with Crippen molar-refractivity contribution in [3.05, 3.63) is 72.2 Å². The molecule has 1 heterocycles. The van der Waals surface area contributed by atoms with E-state index >= 15 is 0 Å². The molecule has 0 aliphatic rings. The highest BCUT2D eigenvalue weighted by Crippen LogP contribution is 2.34. The molecule has 0 aliphatic heterocycles. The van der Waals surface area contributed by atoms with E-state index in [0.29, 0.717) is 11.8 Å². The van der Waals surface area contributed by atoms with E-state index in [-0.39, 0.29) is 22.9 Å². The van der Waals surface area contributed by atoms with Gasteiger partial charge in [0, 0.05) is 18.7 Å². The van der Waals surface area contributed by atoms with Crippen LogP contribution in [0.4, 0.5) is 30.2 Å². The number of alkyl halides is 3. The van der Waals surface area contributed by atoms with Crippen molar-refractivity contribution in [3.63, 3.8) is 0 Å². The van der Waals surface area contributed by atoms with Crippen molar-refractivity contribution in [2.45, 2.75) is 13.1 Å². The first-order chi connectivity index (χ1) is 15.6. The number of ether oxygens (including phenoxy) is 1. The molecule has 3 rings (SSSR count). The Morgan fingerprint density at radius 3 is 2.39 bits per heavy atom. The summed E-state index contributed by atoms with van der Waals surface area (Å²) < 4.78 is 49.5. The van der Waals surface area contributed by atoms with Crippen molar-refractivity contribution in [1.82, 2.24) is 0 Å². The predicted octanol–water partition coefficient (Wildman–Crippen LogP) is 4.53. The molecule has 2 aromatic carbocycles. The zero-order valence-electron chi connectivity index (χ0n) is 17.2. The fraction of sp³-hybridized carbons (Fsp3) is 0.136. The molecule has 0 bridgehead atoms. The molecule has 3 N–H and O–H groups in total. The Labute approximate surface area is 185 Å². The summed E-state index contributed by atoms with van der Waals surface area (Å²) in [6.45, 7) is 0.648. The van der Waals surface area contributed by atoms with Crippen LogP contribution in [0.1, 0.15) is 23.0 Å². The predicted molar refractivity (Wildman–Crippen MR) is 113 cm³/mol. The smallest absolute Gasteiger partial charge is 0.416 e. The minimum Gasteiger partial charge on any atom is -0.484 e. The number of hydrogen-bond acceptors (Lipinski definition) is 5. The van der Waals surface area contributed by atoms with Crippen LogP contribution in [0.2, 0.25) is 0 Å². The number of amides is 3. The Balaban J connectivity index is 1.65. The topological polar surface area (TPSA) is 110 Å². The van der Waals surface area contributed by atoms with Gasteiger partial charge in [-0.15, -0.1) is 0 Å². The highest BCUT2D eigenvalue weighted by atomic mass is 19.4. The molecule has 0 radical (unpaired) electrons. The average molecular weight is 461 g/mol. The van der Waals surface area contributed by atoms with E-state index in [1.54, 1.807) is 18.2 Å². The molecule has 0 saturated carbocycles. The quantitative estimate of drug-likeness (QED) is 0.479. The van der Waals surface area contributed by atoms with Gasteiger partial charge in [0.25, 0.3) is 11.8 Å². The number of nitrogens with one attached hydrogen (secondary N) is 3. The number of furan rings is 1. The molecule has 0 saturated heterocycles. The van der Waals surface area contributed by atoms with E-state index in [1.165, 1.54) is 31.4 Å². The molecule has 0 aliphatic carbocycles. The van der Waals surface area contributed by atoms with E-state index < -0.39 is 36.1 Å². The molecule has 0 unspecified atom stereocenters. The van der Waals surface area contributed by atoms with Gasteiger partial charge in [-0.3, -0.25) is 14.4 Å². The Hall–Kier alpha value is -4.28. The molecular weight excluding hydrogens is 443 g/mol. The number of anilines is 3. The van der Waals surface area contributed by atoms with E-state index in [0.717, 1.165) is 12.1 Å². The van der Waals surface area contributed by atoms with Gasteiger partial charge in [-0.05, 0) is 42.5 Å². The normalized spacial score (nSPS) is 10.9. The van der Waals surface area contributed by atoms with Gasteiger partial charge >= 0.3 is 6.18 Å². The van der Waals surface area contributed by atoms with Gasteiger partial charge in [0.1, 0.15) is 5.75 Å².